The largest absolute Gasteiger partial charge is 0.397 e. The summed E-state index contributed by atoms with van der Waals surface area (Å²) in [6.45, 7) is 4.38. The van der Waals surface area contributed by atoms with Gasteiger partial charge in [-0.3, -0.25) is 4.79 Å². The van der Waals surface area contributed by atoms with Crippen LogP contribution in [0.5, 0.6) is 0 Å². The molecule has 2 aromatic rings. The van der Waals surface area contributed by atoms with Crippen molar-refractivity contribution in [1.29, 1.82) is 0 Å². The highest BCUT2D eigenvalue weighted by molar-refractivity contribution is 9.10. The second-order valence-electron chi connectivity index (χ2n) is 8.02. The van der Waals surface area contributed by atoms with E-state index in [4.69, 9.17) is 10.6 Å². The maximum absolute atomic E-state index is 12.2. The van der Waals surface area contributed by atoms with Gasteiger partial charge in [0.2, 0.25) is 0 Å². The summed E-state index contributed by atoms with van der Waals surface area (Å²) in [5.74, 6) is -0.0794. The van der Waals surface area contributed by atoms with Crippen LogP contribution >= 0.6 is 15.9 Å². The number of anilines is 2. The minimum absolute atomic E-state index is 0.0794. The lowest BCUT2D eigenvalue weighted by Gasteiger charge is -2.38. The van der Waals surface area contributed by atoms with Crippen LogP contribution in [-0.2, 0) is 4.84 Å². The second-order valence-corrected chi connectivity index (χ2v) is 8.93. The second kappa shape index (κ2) is 8.68. The number of nitrogens with one attached hydrogen (secondary N) is 1. The molecule has 0 aliphatic carbocycles. The van der Waals surface area contributed by atoms with Gasteiger partial charge >= 0.3 is 0 Å². The van der Waals surface area contributed by atoms with Crippen molar-refractivity contribution in [3.05, 3.63) is 58.1 Å². The van der Waals surface area contributed by atoms with Crippen molar-refractivity contribution in [1.82, 2.24) is 5.32 Å². The molecule has 1 spiro atoms. The van der Waals surface area contributed by atoms with Crippen molar-refractivity contribution in [2.75, 3.05) is 30.3 Å². The van der Waals surface area contributed by atoms with Crippen molar-refractivity contribution >= 4 is 38.9 Å². The predicted octanol–water partition coefficient (Wildman–Crippen LogP) is 4.33. The van der Waals surface area contributed by atoms with Gasteiger partial charge in [-0.1, -0.05) is 40.1 Å². The topological polar surface area (TPSA) is 80.0 Å². The molecule has 2 heterocycles. The summed E-state index contributed by atoms with van der Waals surface area (Å²) in [6.07, 6.45) is 3.49. The Morgan fingerprint density at radius 3 is 2.77 bits per heavy atom. The van der Waals surface area contributed by atoms with Crippen molar-refractivity contribution in [3.63, 3.8) is 0 Å². The molecule has 2 aliphatic rings. The van der Waals surface area contributed by atoms with Gasteiger partial charge in [0.05, 0.1) is 17.1 Å². The quantitative estimate of drug-likeness (QED) is 0.637. The summed E-state index contributed by atoms with van der Waals surface area (Å²) in [6, 6.07) is 13.7. The summed E-state index contributed by atoms with van der Waals surface area (Å²) in [5, 5.41) is 7.29. The molecule has 4 rings (SSSR count). The average Bonchev–Trinajstić information content (AvgIpc) is 3.16. The van der Waals surface area contributed by atoms with Gasteiger partial charge in [-0.05, 0) is 36.8 Å². The van der Waals surface area contributed by atoms with E-state index < -0.39 is 0 Å². The number of nitrogen functional groups attached to an aromatic ring is 1. The normalized spacial score (nSPS) is 17.5. The molecule has 1 fully saturated rings. The number of nitrogens with two attached hydrogens (primary N) is 1. The van der Waals surface area contributed by atoms with Crippen LogP contribution in [0.4, 0.5) is 11.4 Å². The number of oxime groups is 1. The first kappa shape index (κ1) is 20.7. The number of amides is 1. The lowest BCUT2D eigenvalue weighted by Crippen LogP contribution is -2.44. The van der Waals surface area contributed by atoms with E-state index in [9.17, 15) is 4.79 Å². The van der Waals surface area contributed by atoms with Gasteiger partial charge in [-0.2, -0.15) is 0 Å². The zero-order valence-electron chi connectivity index (χ0n) is 17.2. The molecule has 2 aliphatic heterocycles. The van der Waals surface area contributed by atoms with Gasteiger partial charge < -0.3 is 20.8 Å². The Morgan fingerprint density at radius 2 is 2.07 bits per heavy atom. The Morgan fingerprint density at radius 1 is 1.27 bits per heavy atom. The SMILES string of the molecule is CCCNC(=O)c1ccc(N2CCC3(CC2)CC(c2cccc(Br)c2)=NO3)c(N)c1. The molecule has 0 aromatic heterocycles. The molecule has 0 bridgehead atoms. The van der Waals surface area contributed by atoms with Gasteiger partial charge in [0, 0.05) is 54.5 Å². The molecule has 2 aromatic carbocycles. The molecule has 0 atom stereocenters. The third-order valence-corrected chi connectivity index (χ3v) is 6.33. The van der Waals surface area contributed by atoms with Gasteiger partial charge in [0.25, 0.3) is 5.91 Å². The Balaban J connectivity index is 1.39. The molecule has 1 amide bonds. The summed E-state index contributed by atoms with van der Waals surface area (Å²) in [7, 11) is 0. The molecule has 0 radical (unpaired) electrons. The Hall–Kier alpha value is -2.54. The zero-order valence-corrected chi connectivity index (χ0v) is 18.7. The number of hydrogen-bond donors (Lipinski definition) is 2. The Bertz CT molecular complexity index is 967. The molecule has 30 heavy (non-hydrogen) atoms. The first-order valence-electron chi connectivity index (χ1n) is 10.4. The van der Waals surface area contributed by atoms with E-state index in [0.29, 0.717) is 17.8 Å². The predicted molar refractivity (Wildman–Crippen MR) is 124 cm³/mol. The molecule has 3 N–H and O–H groups in total. The molecule has 1 saturated heterocycles. The maximum atomic E-state index is 12.2. The standard InChI is InChI=1S/C23H27BrN4O2/c1-2-10-26-22(29)17-6-7-21(19(25)14-17)28-11-8-23(9-12-28)15-20(27-30-23)16-4-3-5-18(24)13-16/h3-7,13-14H,2,8-12,15,25H2,1H3,(H,26,29). The van der Waals surface area contributed by atoms with Gasteiger partial charge in [-0.15, -0.1) is 0 Å². The molecule has 7 heteroatoms. The molecule has 6 nitrogen and oxygen atoms in total. The number of hydrogen-bond acceptors (Lipinski definition) is 5. The van der Waals surface area contributed by atoms with E-state index in [2.05, 4.69) is 43.4 Å². The lowest BCUT2D eigenvalue weighted by molar-refractivity contribution is -0.0359. The van der Waals surface area contributed by atoms with Crippen LogP contribution in [0.25, 0.3) is 0 Å². The van der Waals surface area contributed by atoms with E-state index in [-0.39, 0.29) is 11.5 Å². The maximum Gasteiger partial charge on any atom is 0.251 e. The molecular formula is C23H27BrN4O2. The van der Waals surface area contributed by atoms with Crippen LogP contribution in [-0.4, -0.2) is 36.9 Å². The molecular weight excluding hydrogens is 444 g/mol. The van der Waals surface area contributed by atoms with Crippen LogP contribution in [0.2, 0.25) is 0 Å². The van der Waals surface area contributed by atoms with E-state index in [0.717, 1.165) is 60.2 Å². The van der Waals surface area contributed by atoms with Crippen molar-refractivity contribution in [3.8, 4) is 0 Å². The van der Waals surface area contributed by atoms with E-state index >= 15 is 0 Å². The lowest BCUT2D eigenvalue weighted by atomic mass is 9.85. The number of piperidine rings is 1. The van der Waals surface area contributed by atoms with Gasteiger partial charge in [0.15, 0.2) is 0 Å². The minimum Gasteiger partial charge on any atom is -0.397 e. The van der Waals surface area contributed by atoms with Crippen molar-refractivity contribution in [2.24, 2.45) is 5.16 Å². The van der Waals surface area contributed by atoms with Crippen LogP contribution in [0.15, 0.2) is 52.1 Å². The highest BCUT2D eigenvalue weighted by Crippen LogP contribution is 2.38. The first-order chi connectivity index (χ1) is 14.5. The highest BCUT2D eigenvalue weighted by Gasteiger charge is 2.42. The smallest absolute Gasteiger partial charge is 0.251 e. The number of carbonyl (C=O) groups excluding carboxylic acids is 1. The summed E-state index contributed by atoms with van der Waals surface area (Å²) in [4.78, 5) is 20.4. The summed E-state index contributed by atoms with van der Waals surface area (Å²) < 4.78 is 1.04. The van der Waals surface area contributed by atoms with Gasteiger partial charge in [0.1, 0.15) is 5.60 Å². The van der Waals surface area contributed by atoms with Gasteiger partial charge in [-0.25, -0.2) is 0 Å². The highest BCUT2D eigenvalue weighted by atomic mass is 79.9. The average molecular weight is 471 g/mol. The number of nitrogens with zero attached hydrogens (tertiary/aromatic N) is 2. The Kier molecular flexibility index (Phi) is 5.99. The van der Waals surface area contributed by atoms with Crippen molar-refractivity contribution in [2.45, 2.75) is 38.2 Å². The Labute approximate surface area is 185 Å². The van der Waals surface area contributed by atoms with Crippen LogP contribution in [0, 0.1) is 0 Å². The summed E-state index contributed by atoms with van der Waals surface area (Å²) >= 11 is 3.52. The van der Waals surface area contributed by atoms with Crippen molar-refractivity contribution < 1.29 is 9.63 Å². The minimum atomic E-state index is -0.233. The van der Waals surface area contributed by atoms with E-state index in [1.807, 2.05) is 31.2 Å². The molecule has 0 saturated carbocycles. The summed E-state index contributed by atoms with van der Waals surface area (Å²) in [5.41, 5.74) is 10.4. The van der Waals surface area contributed by atoms with Crippen LogP contribution < -0.4 is 16.0 Å². The first-order valence-corrected chi connectivity index (χ1v) is 11.2. The van der Waals surface area contributed by atoms with E-state index in [1.165, 1.54) is 0 Å². The number of halogens is 1. The van der Waals surface area contributed by atoms with Crippen LogP contribution in [0.3, 0.4) is 0 Å². The fraction of sp³-hybridized carbons (Fsp3) is 0.391. The monoisotopic (exact) mass is 470 g/mol. The number of carbonyl (C=O) groups is 1. The van der Waals surface area contributed by atoms with Crippen LogP contribution in [0.1, 0.15) is 48.5 Å². The number of rotatable bonds is 5. The molecule has 0 unspecified atom stereocenters. The third-order valence-electron chi connectivity index (χ3n) is 5.84. The number of benzene rings is 2. The third kappa shape index (κ3) is 4.31. The van der Waals surface area contributed by atoms with E-state index in [1.54, 1.807) is 6.07 Å². The fourth-order valence-corrected chi connectivity index (χ4v) is 4.49. The zero-order chi connectivity index (χ0) is 21.1. The molecule has 158 valence electrons. The fourth-order valence-electron chi connectivity index (χ4n) is 4.09.